The minimum Gasteiger partial charge on any atom is -0.486 e. The van der Waals surface area contributed by atoms with Crippen molar-refractivity contribution in [2.75, 3.05) is 20.1 Å². The zero-order valence-corrected chi connectivity index (χ0v) is 14.0. The fraction of sp³-hybridized carbons (Fsp3) is 0.412. The Kier molecular flexibility index (Phi) is 5.25. The summed E-state index contributed by atoms with van der Waals surface area (Å²) in [5, 5.41) is 5.08. The normalized spacial score (nSPS) is 16.2. The van der Waals surface area contributed by atoms with E-state index >= 15 is 0 Å². The molecule has 0 aliphatic carbocycles. The predicted octanol–water partition coefficient (Wildman–Crippen LogP) is 2.55. The lowest BCUT2D eigenvalue weighted by Crippen LogP contribution is -2.43. The van der Waals surface area contributed by atoms with Gasteiger partial charge in [-0.3, -0.25) is 4.79 Å². The van der Waals surface area contributed by atoms with Gasteiger partial charge in [0.1, 0.15) is 12.4 Å². The van der Waals surface area contributed by atoms with Crippen molar-refractivity contribution in [3.63, 3.8) is 0 Å². The summed E-state index contributed by atoms with van der Waals surface area (Å²) in [5.74, 6) is 0.541. The van der Waals surface area contributed by atoms with E-state index in [1.165, 1.54) is 11.3 Å². The van der Waals surface area contributed by atoms with Crippen LogP contribution in [0.15, 0.2) is 35.2 Å². The Hall–Kier alpha value is -1.92. The minimum atomic E-state index is -0.0616. The number of nitrogens with one attached hydrogen (secondary N) is 1. The summed E-state index contributed by atoms with van der Waals surface area (Å²) in [6.07, 6.45) is 1.98. The lowest BCUT2D eigenvalue weighted by atomic mass is 10.0. The van der Waals surface area contributed by atoms with Gasteiger partial charge < -0.3 is 15.0 Å². The van der Waals surface area contributed by atoms with E-state index in [0.29, 0.717) is 17.9 Å². The van der Waals surface area contributed by atoms with E-state index < -0.39 is 0 Å². The summed E-state index contributed by atoms with van der Waals surface area (Å²) in [6.45, 7) is 2.42. The van der Waals surface area contributed by atoms with E-state index in [1.54, 1.807) is 11.6 Å². The van der Waals surface area contributed by atoms with E-state index in [1.807, 2.05) is 23.6 Å². The highest BCUT2D eigenvalue weighted by Gasteiger charge is 2.20. The summed E-state index contributed by atoms with van der Waals surface area (Å²) < 4.78 is 5.78. The number of hydrogen-bond donors (Lipinski definition) is 1. The van der Waals surface area contributed by atoms with Crippen LogP contribution in [0.4, 0.5) is 0 Å². The maximum atomic E-state index is 12.6. The number of carbonyl (C=O) groups is 1. The predicted molar refractivity (Wildman–Crippen MR) is 90.9 cm³/mol. The molecule has 23 heavy (non-hydrogen) atoms. The number of carbonyl (C=O) groups excluding carboxylic acids is 1. The molecule has 1 fully saturated rings. The number of rotatable bonds is 5. The first kappa shape index (κ1) is 16.0. The molecule has 2 heterocycles. The lowest BCUT2D eigenvalue weighted by Gasteiger charge is -2.29. The van der Waals surface area contributed by atoms with Gasteiger partial charge in [-0.25, -0.2) is 4.98 Å². The van der Waals surface area contributed by atoms with Gasteiger partial charge in [-0.15, -0.1) is 11.3 Å². The second kappa shape index (κ2) is 7.57. The van der Waals surface area contributed by atoms with Gasteiger partial charge in [0.2, 0.25) is 0 Å². The van der Waals surface area contributed by atoms with Crippen molar-refractivity contribution in [3.8, 4) is 5.75 Å². The Labute approximate surface area is 140 Å². The van der Waals surface area contributed by atoms with Crippen molar-refractivity contribution in [2.24, 2.45) is 0 Å². The third kappa shape index (κ3) is 4.30. The third-order valence-electron chi connectivity index (χ3n) is 4.04. The molecule has 1 amide bonds. The summed E-state index contributed by atoms with van der Waals surface area (Å²) >= 11 is 1.53. The number of para-hydroxylation sites is 1. The topological polar surface area (TPSA) is 54.5 Å². The van der Waals surface area contributed by atoms with Crippen LogP contribution < -0.4 is 10.1 Å². The number of thiazole rings is 1. The van der Waals surface area contributed by atoms with E-state index in [4.69, 9.17) is 4.74 Å². The highest BCUT2D eigenvalue weighted by molar-refractivity contribution is 7.07. The molecule has 0 saturated carbocycles. The molecule has 1 N–H and O–H groups in total. The van der Waals surface area contributed by atoms with Gasteiger partial charge in [-0.1, -0.05) is 12.1 Å². The van der Waals surface area contributed by atoms with Gasteiger partial charge in [0.25, 0.3) is 5.91 Å². The molecule has 1 aliphatic rings. The fourth-order valence-corrected chi connectivity index (χ4v) is 3.20. The fourth-order valence-electron chi connectivity index (χ4n) is 2.66. The van der Waals surface area contributed by atoms with Crippen LogP contribution in [0.25, 0.3) is 0 Å². The molecular weight excluding hydrogens is 310 g/mol. The van der Waals surface area contributed by atoms with Crippen molar-refractivity contribution in [1.29, 1.82) is 0 Å². The van der Waals surface area contributed by atoms with Crippen LogP contribution in [0, 0.1) is 0 Å². The van der Waals surface area contributed by atoms with Gasteiger partial charge in [-0.2, -0.15) is 0 Å². The van der Waals surface area contributed by atoms with Crippen molar-refractivity contribution in [3.05, 3.63) is 46.4 Å². The molecule has 1 aromatic heterocycles. The first-order valence-electron chi connectivity index (χ1n) is 7.80. The Morgan fingerprint density at radius 3 is 2.91 bits per heavy atom. The minimum absolute atomic E-state index is 0.0616. The molecule has 1 saturated heterocycles. The number of nitrogens with zero attached hydrogens (tertiary/aromatic N) is 2. The Morgan fingerprint density at radius 2 is 2.17 bits per heavy atom. The molecule has 0 atom stereocenters. The van der Waals surface area contributed by atoms with Crippen molar-refractivity contribution >= 4 is 17.2 Å². The first-order valence-corrected chi connectivity index (χ1v) is 8.75. The van der Waals surface area contributed by atoms with Crippen LogP contribution >= 0.6 is 11.3 Å². The summed E-state index contributed by atoms with van der Waals surface area (Å²) in [7, 11) is 2.11. The average Bonchev–Trinajstić information content (AvgIpc) is 3.09. The summed E-state index contributed by atoms with van der Waals surface area (Å²) in [5.41, 5.74) is 3.24. The smallest absolute Gasteiger partial charge is 0.255 e. The monoisotopic (exact) mass is 331 g/mol. The molecule has 5 nitrogen and oxygen atoms in total. The van der Waals surface area contributed by atoms with Crippen LogP contribution in [0.1, 0.15) is 28.9 Å². The van der Waals surface area contributed by atoms with Crippen LogP contribution in [0.2, 0.25) is 0 Å². The zero-order chi connectivity index (χ0) is 16.1. The molecule has 122 valence electrons. The van der Waals surface area contributed by atoms with Gasteiger partial charge >= 0.3 is 0 Å². The van der Waals surface area contributed by atoms with Crippen molar-refractivity contribution < 1.29 is 9.53 Å². The van der Waals surface area contributed by atoms with Crippen LogP contribution in [0.3, 0.4) is 0 Å². The molecule has 3 rings (SSSR count). The van der Waals surface area contributed by atoms with Crippen LogP contribution in [-0.4, -0.2) is 42.0 Å². The Bertz CT molecular complexity index is 637. The lowest BCUT2D eigenvalue weighted by molar-refractivity contribution is 0.0912. The zero-order valence-electron chi connectivity index (χ0n) is 13.2. The number of ether oxygens (including phenoxy) is 1. The number of amides is 1. The molecule has 0 radical (unpaired) electrons. The molecule has 0 unspecified atom stereocenters. The maximum Gasteiger partial charge on any atom is 0.255 e. The number of hydrogen-bond acceptors (Lipinski definition) is 5. The van der Waals surface area contributed by atoms with Gasteiger partial charge in [-0.05, 0) is 45.1 Å². The van der Waals surface area contributed by atoms with Gasteiger partial charge in [0.15, 0.2) is 0 Å². The van der Waals surface area contributed by atoms with E-state index in [-0.39, 0.29) is 11.9 Å². The number of benzene rings is 1. The van der Waals surface area contributed by atoms with Crippen molar-refractivity contribution in [2.45, 2.75) is 25.5 Å². The maximum absolute atomic E-state index is 12.6. The standard InChI is InChI=1S/C17H21N3O2S/c1-20-8-6-13(7-9-20)19-17(21)15-4-2-3-5-16(15)22-10-14-11-23-12-18-14/h2-5,11-13H,6-10H2,1H3,(H,19,21). The number of likely N-dealkylation sites (tertiary alicyclic amines) is 1. The second-order valence-electron chi connectivity index (χ2n) is 5.82. The average molecular weight is 331 g/mol. The first-order chi connectivity index (χ1) is 11.2. The number of piperidine rings is 1. The SMILES string of the molecule is CN1CCC(NC(=O)c2ccccc2OCc2cscn2)CC1. The molecule has 2 aromatic rings. The molecule has 1 aromatic carbocycles. The number of aromatic nitrogens is 1. The molecular formula is C17H21N3O2S. The third-order valence-corrected chi connectivity index (χ3v) is 4.68. The Morgan fingerprint density at radius 1 is 1.39 bits per heavy atom. The quantitative estimate of drug-likeness (QED) is 0.915. The van der Waals surface area contributed by atoms with Gasteiger partial charge in [0, 0.05) is 11.4 Å². The molecule has 1 aliphatic heterocycles. The summed E-state index contributed by atoms with van der Waals surface area (Å²) in [6, 6.07) is 7.61. The second-order valence-corrected chi connectivity index (χ2v) is 6.53. The molecule has 0 bridgehead atoms. The van der Waals surface area contributed by atoms with E-state index in [9.17, 15) is 4.79 Å². The van der Waals surface area contributed by atoms with Crippen molar-refractivity contribution in [1.82, 2.24) is 15.2 Å². The highest BCUT2D eigenvalue weighted by Crippen LogP contribution is 2.20. The molecule has 6 heteroatoms. The summed E-state index contributed by atoms with van der Waals surface area (Å²) in [4.78, 5) is 19.0. The van der Waals surface area contributed by atoms with Crippen LogP contribution in [0.5, 0.6) is 5.75 Å². The van der Waals surface area contributed by atoms with E-state index in [2.05, 4.69) is 22.2 Å². The Balaban J connectivity index is 1.63. The van der Waals surface area contributed by atoms with Crippen LogP contribution in [-0.2, 0) is 6.61 Å². The largest absolute Gasteiger partial charge is 0.486 e. The highest BCUT2D eigenvalue weighted by atomic mass is 32.1. The van der Waals surface area contributed by atoms with Gasteiger partial charge in [0.05, 0.1) is 16.8 Å². The molecule has 0 spiro atoms. The van der Waals surface area contributed by atoms with E-state index in [0.717, 1.165) is 31.6 Å².